The Hall–Kier alpha value is -3.30. The van der Waals surface area contributed by atoms with Crippen molar-refractivity contribution in [2.24, 2.45) is 11.8 Å². The second-order valence-electron chi connectivity index (χ2n) is 8.63. The topological polar surface area (TPSA) is 71.1 Å². The molecule has 0 amide bonds. The number of aryl methyl sites for hydroxylation is 1. The van der Waals surface area contributed by atoms with Crippen LogP contribution in [0.3, 0.4) is 0 Å². The van der Waals surface area contributed by atoms with Crippen molar-refractivity contribution in [3.8, 4) is 17.2 Å². The molecule has 2 aromatic rings. The van der Waals surface area contributed by atoms with Gasteiger partial charge in [-0.2, -0.15) is 17.6 Å². The lowest BCUT2D eigenvalue weighted by Crippen LogP contribution is -2.08. The Kier molecular flexibility index (Phi) is 9.95. The molecule has 196 valence electrons. The van der Waals surface area contributed by atoms with Crippen LogP contribution < -0.4 is 14.2 Å². The van der Waals surface area contributed by atoms with E-state index in [0.29, 0.717) is 42.3 Å². The van der Waals surface area contributed by atoms with Crippen molar-refractivity contribution >= 4 is 12.3 Å². The Bertz CT molecular complexity index is 1020. The van der Waals surface area contributed by atoms with E-state index in [9.17, 15) is 27.2 Å². The fraction of sp³-hybridized carbons (Fsp3) is 0.462. The van der Waals surface area contributed by atoms with E-state index in [-0.39, 0.29) is 22.8 Å². The van der Waals surface area contributed by atoms with Crippen molar-refractivity contribution in [3.63, 3.8) is 0 Å². The van der Waals surface area contributed by atoms with E-state index >= 15 is 0 Å². The van der Waals surface area contributed by atoms with E-state index in [1.807, 2.05) is 0 Å². The van der Waals surface area contributed by atoms with Crippen LogP contribution in [0.5, 0.6) is 17.2 Å². The first-order chi connectivity index (χ1) is 17.3. The number of esters is 1. The van der Waals surface area contributed by atoms with Crippen molar-refractivity contribution in [3.05, 3.63) is 53.1 Å². The molecule has 10 heteroatoms. The van der Waals surface area contributed by atoms with Crippen molar-refractivity contribution < 1.29 is 46.1 Å². The van der Waals surface area contributed by atoms with Gasteiger partial charge in [0.1, 0.15) is 12.0 Å². The minimum absolute atomic E-state index is 0.0803. The maximum absolute atomic E-state index is 12.3. The molecule has 2 aliphatic rings. The van der Waals surface area contributed by atoms with Crippen molar-refractivity contribution in [2.45, 2.75) is 51.7 Å². The highest BCUT2D eigenvalue weighted by Gasteiger charge is 2.24. The average molecular weight is 512 g/mol. The molecule has 0 aromatic heterocycles. The summed E-state index contributed by atoms with van der Waals surface area (Å²) in [5.74, 6) is 0.861. The van der Waals surface area contributed by atoms with Gasteiger partial charge in [0.05, 0.1) is 19.3 Å². The molecule has 6 nitrogen and oxygen atoms in total. The molecular weight excluding hydrogens is 484 g/mol. The quantitative estimate of drug-likeness (QED) is 0.189. The second kappa shape index (κ2) is 13.1. The Morgan fingerprint density at radius 3 is 2.14 bits per heavy atom. The number of carbonyl (C=O) groups excluding carboxylic acids is 2. The third-order valence-electron chi connectivity index (χ3n) is 5.71. The normalized spacial score (nSPS) is 14.6. The number of ether oxygens (including phenoxy) is 4. The second-order valence-corrected chi connectivity index (χ2v) is 8.63. The van der Waals surface area contributed by atoms with E-state index < -0.39 is 19.2 Å². The largest absolute Gasteiger partial charge is 0.489 e. The Morgan fingerprint density at radius 2 is 1.56 bits per heavy atom. The minimum Gasteiger partial charge on any atom is -0.489 e. The smallest absolute Gasteiger partial charge is 0.387 e. The molecule has 0 bridgehead atoms. The fourth-order valence-electron chi connectivity index (χ4n) is 3.40. The number of carbonyl (C=O) groups is 2. The summed E-state index contributed by atoms with van der Waals surface area (Å²) in [5.41, 5.74) is 1.43. The first-order valence-electron chi connectivity index (χ1n) is 11.6. The van der Waals surface area contributed by atoms with Gasteiger partial charge in [0, 0.05) is 5.56 Å². The van der Waals surface area contributed by atoms with Gasteiger partial charge in [-0.05, 0) is 79.5 Å². The number of alkyl halides is 4. The van der Waals surface area contributed by atoms with Gasteiger partial charge in [0.15, 0.2) is 11.5 Å². The number of halogens is 4. The molecule has 36 heavy (non-hydrogen) atoms. The molecular formula is C26H28F4O6. The molecule has 0 radical (unpaired) electrons. The molecule has 2 saturated carbocycles. The molecule has 2 aliphatic carbocycles. The summed E-state index contributed by atoms with van der Waals surface area (Å²) in [6, 6.07) is 8.55. The first kappa shape index (κ1) is 27.3. The van der Waals surface area contributed by atoms with Crippen LogP contribution in [0.1, 0.15) is 58.4 Å². The lowest BCUT2D eigenvalue weighted by molar-refractivity contribution is -0.0518. The van der Waals surface area contributed by atoms with Crippen LogP contribution in [0.25, 0.3) is 0 Å². The lowest BCUT2D eigenvalue weighted by Gasteiger charge is -2.13. The molecule has 0 heterocycles. The molecule has 0 unspecified atom stereocenters. The fourth-order valence-corrected chi connectivity index (χ4v) is 3.40. The van der Waals surface area contributed by atoms with Gasteiger partial charge < -0.3 is 18.9 Å². The van der Waals surface area contributed by atoms with E-state index in [4.69, 9.17) is 4.74 Å². The van der Waals surface area contributed by atoms with Crippen molar-refractivity contribution in [2.75, 3.05) is 13.7 Å². The molecule has 0 atom stereocenters. The van der Waals surface area contributed by atoms with Gasteiger partial charge in [0.25, 0.3) is 0 Å². The minimum atomic E-state index is -2.94. The van der Waals surface area contributed by atoms with E-state index in [0.717, 1.165) is 19.3 Å². The highest BCUT2D eigenvalue weighted by molar-refractivity contribution is 5.90. The number of aldehydes is 1. The summed E-state index contributed by atoms with van der Waals surface area (Å²) in [6.07, 6.45) is 6.96. The van der Waals surface area contributed by atoms with Crippen LogP contribution in [-0.2, 0) is 11.2 Å². The Labute approximate surface area is 206 Å². The van der Waals surface area contributed by atoms with Gasteiger partial charge in [-0.1, -0.05) is 12.8 Å². The number of rotatable bonds is 12. The van der Waals surface area contributed by atoms with E-state index in [1.165, 1.54) is 50.3 Å². The summed E-state index contributed by atoms with van der Waals surface area (Å²) in [6.45, 7) is -5.33. The summed E-state index contributed by atoms with van der Waals surface area (Å²) in [5, 5.41) is 0. The third kappa shape index (κ3) is 9.05. The predicted octanol–water partition coefficient (Wildman–Crippen LogP) is 6.31. The van der Waals surface area contributed by atoms with Crippen LogP contribution in [-0.4, -0.2) is 39.2 Å². The van der Waals surface area contributed by atoms with Crippen LogP contribution in [0.4, 0.5) is 17.6 Å². The summed E-state index contributed by atoms with van der Waals surface area (Å²) in [7, 11) is 1.25. The van der Waals surface area contributed by atoms with Gasteiger partial charge in [0.2, 0.25) is 0 Å². The number of hydrogen-bond acceptors (Lipinski definition) is 6. The third-order valence-corrected chi connectivity index (χ3v) is 5.71. The van der Waals surface area contributed by atoms with Crippen LogP contribution >= 0.6 is 0 Å². The van der Waals surface area contributed by atoms with Gasteiger partial charge in [-0.15, -0.1) is 0 Å². The Balaban J connectivity index is 0.000000202. The van der Waals surface area contributed by atoms with Gasteiger partial charge in [-0.25, -0.2) is 4.79 Å². The monoisotopic (exact) mass is 512 g/mol. The molecule has 0 N–H and O–H groups in total. The number of methoxy groups -OCH3 is 1. The van der Waals surface area contributed by atoms with Crippen LogP contribution in [0.15, 0.2) is 36.4 Å². The van der Waals surface area contributed by atoms with Gasteiger partial charge in [-0.3, -0.25) is 4.79 Å². The summed E-state index contributed by atoms with van der Waals surface area (Å²) >= 11 is 0. The number of hydrogen-bond donors (Lipinski definition) is 0. The standard InChI is InChI=1S/C13H14F2O4.C13H14F2O2/c1-17-12(16)9-4-5-10(19-13(14)15)11(6-9)18-7-8-2-3-8;14-13(15)17-12-6-4-10(8-16)7-11(12)5-3-9-1-2-9/h4-6,8,13H,2-3,7H2,1H3;4,6-9,13H,1-3,5H2. The molecule has 2 aromatic carbocycles. The molecule has 2 fully saturated rings. The summed E-state index contributed by atoms with van der Waals surface area (Å²) < 4.78 is 67.7. The highest BCUT2D eigenvalue weighted by atomic mass is 19.3. The van der Waals surface area contributed by atoms with Crippen molar-refractivity contribution in [1.82, 2.24) is 0 Å². The maximum Gasteiger partial charge on any atom is 0.387 e. The van der Waals surface area contributed by atoms with Crippen LogP contribution in [0.2, 0.25) is 0 Å². The molecule has 0 aliphatic heterocycles. The first-order valence-corrected chi connectivity index (χ1v) is 11.6. The van der Waals surface area contributed by atoms with Gasteiger partial charge >= 0.3 is 19.2 Å². The maximum atomic E-state index is 12.3. The zero-order valence-corrected chi connectivity index (χ0v) is 19.8. The predicted molar refractivity (Wildman–Crippen MR) is 122 cm³/mol. The zero-order chi connectivity index (χ0) is 26.1. The lowest BCUT2D eigenvalue weighted by atomic mass is 10.0. The summed E-state index contributed by atoms with van der Waals surface area (Å²) in [4.78, 5) is 22.0. The van der Waals surface area contributed by atoms with Crippen molar-refractivity contribution in [1.29, 1.82) is 0 Å². The van der Waals surface area contributed by atoms with E-state index in [2.05, 4.69) is 14.2 Å². The highest BCUT2D eigenvalue weighted by Crippen LogP contribution is 2.35. The SMILES string of the molecule is COC(=O)c1ccc(OC(F)F)c(OCC2CC2)c1.O=Cc1ccc(OC(F)F)c(CCC2CC2)c1. The number of benzene rings is 2. The average Bonchev–Trinajstić information content (AvgIpc) is 3.77. The van der Waals surface area contributed by atoms with Crippen LogP contribution in [0, 0.1) is 11.8 Å². The molecule has 4 rings (SSSR count). The molecule has 0 spiro atoms. The Morgan fingerprint density at radius 1 is 0.917 bits per heavy atom. The molecule has 0 saturated heterocycles. The van der Waals surface area contributed by atoms with E-state index in [1.54, 1.807) is 6.07 Å². The zero-order valence-electron chi connectivity index (χ0n) is 19.8.